The molecule has 0 bridgehead atoms. The van der Waals surface area contributed by atoms with Gasteiger partial charge < -0.3 is 5.11 Å². The van der Waals surface area contributed by atoms with Crippen LogP contribution in [-0.4, -0.2) is 36.5 Å². The van der Waals surface area contributed by atoms with Gasteiger partial charge in [0.1, 0.15) is 0 Å². The van der Waals surface area contributed by atoms with Crippen molar-refractivity contribution >= 4 is 10.0 Å². The summed E-state index contributed by atoms with van der Waals surface area (Å²) in [5.74, 6) is 0. The molecular weight excluding hydrogens is 286 g/mol. The standard InChI is InChI=1S/C16H25NO3S/c1-3-15-9-6-13(2)17(15)21(19,20)16-10-7-14(8-11-16)5-4-12-18/h7-8,10-11,13,15,18H,3-6,9,12H2,1-2H3. The van der Waals surface area contributed by atoms with Crippen LogP contribution in [0.3, 0.4) is 0 Å². The van der Waals surface area contributed by atoms with Crippen molar-refractivity contribution < 1.29 is 13.5 Å². The summed E-state index contributed by atoms with van der Waals surface area (Å²) in [6.07, 6.45) is 4.22. The van der Waals surface area contributed by atoms with Gasteiger partial charge in [-0.3, -0.25) is 0 Å². The van der Waals surface area contributed by atoms with E-state index in [2.05, 4.69) is 0 Å². The average molecular weight is 311 g/mol. The molecule has 1 aromatic carbocycles. The Labute approximate surface area is 127 Å². The fourth-order valence-electron chi connectivity index (χ4n) is 3.10. The first-order chi connectivity index (χ1) is 10.0. The number of rotatable bonds is 6. The summed E-state index contributed by atoms with van der Waals surface area (Å²) in [6.45, 7) is 4.19. The zero-order valence-corrected chi connectivity index (χ0v) is 13.6. The molecule has 1 aromatic rings. The predicted molar refractivity (Wildman–Crippen MR) is 83.6 cm³/mol. The van der Waals surface area contributed by atoms with Crippen LogP contribution in [0.1, 0.15) is 45.1 Å². The van der Waals surface area contributed by atoms with Crippen molar-refractivity contribution in [3.05, 3.63) is 29.8 Å². The molecule has 2 atom stereocenters. The molecule has 0 aromatic heterocycles. The van der Waals surface area contributed by atoms with Crippen LogP contribution < -0.4 is 0 Å². The maximum Gasteiger partial charge on any atom is 0.243 e. The molecular formula is C16H25NO3S. The molecule has 21 heavy (non-hydrogen) atoms. The third-order valence-corrected chi connectivity index (χ3v) is 6.39. The lowest BCUT2D eigenvalue weighted by atomic mass is 10.1. The zero-order chi connectivity index (χ0) is 15.5. The molecule has 118 valence electrons. The predicted octanol–water partition coefficient (Wildman–Crippen LogP) is 2.56. The van der Waals surface area contributed by atoms with Crippen LogP contribution in [0.15, 0.2) is 29.2 Å². The Balaban J connectivity index is 2.22. The van der Waals surface area contributed by atoms with Gasteiger partial charge in [-0.2, -0.15) is 4.31 Å². The molecule has 1 heterocycles. The largest absolute Gasteiger partial charge is 0.396 e. The fourth-order valence-corrected chi connectivity index (χ4v) is 5.05. The van der Waals surface area contributed by atoms with E-state index in [4.69, 9.17) is 5.11 Å². The van der Waals surface area contributed by atoms with E-state index < -0.39 is 10.0 Å². The van der Waals surface area contributed by atoms with Gasteiger partial charge in [-0.1, -0.05) is 19.1 Å². The van der Waals surface area contributed by atoms with E-state index in [0.29, 0.717) is 11.3 Å². The second-order valence-corrected chi connectivity index (χ2v) is 7.64. The molecule has 2 rings (SSSR count). The molecule has 0 saturated carbocycles. The highest BCUT2D eigenvalue weighted by molar-refractivity contribution is 7.89. The van der Waals surface area contributed by atoms with Gasteiger partial charge >= 0.3 is 0 Å². The lowest BCUT2D eigenvalue weighted by molar-refractivity contribution is 0.288. The SMILES string of the molecule is CCC1CCC(C)N1S(=O)(=O)c1ccc(CCCO)cc1. The molecule has 1 aliphatic rings. The van der Waals surface area contributed by atoms with Gasteiger partial charge in [0.15, 0.2) is 0 Å². The molecule has 1 saturated heterocycles. The number of aliphatic hydroxyl groups excluding tert-OH is 1. The topological polar surface area (TPSA) is 57.6 Å². The van der Waals surface area contributed by atoms with Crippen LogP contribution >= 0.6 is 0 Å². The maximum absolute atomic E-state index is 12.8. The van der Waals surface area contributed by atoms with Crippen LogP contribution in [0.5, 0.6) is 0 Å². The van der Waals surface area contributed by atoms with E-state index in [0.717, 1.165) is 31.2 Å². The van der Waals surface area contributed by atoms with Gasteiger partial charge in [0.2, 0.25) is 10.0 Å². The molecule has 0 radical (unpaired) electrons. The number of aliphatic hydroxyl groups is 1. The Hall–Kier alpha value is -0.910. The Morgan fingerprint density at radius 2 is 1.90 bits per heavy atom. The molecule has 4 nitrogen and oxygen atoms in total. The highest BCUT2D eigenvalue weighted by atomic mass is 32.2. The van der Waals surface area contributed by atoms with Crippen molar-refractivity contribution in [1.29, 1.82) is 0 Å². The second kappa shape index (κ2) is 6.90. The highest BCUT2D eigenvalue weighted by Gasteiger charge is 2.38. The number of benzene rings is 1. The summed E-state index contributed by atoms with van der Waals surface area (Å²) in [5.41, 5.74) is 1.06. The quantitative estimate of drug-likeness (QED) is 0.878. The fraction of sp³-hybridized carbons (Fsp3) is 0.625. The summed E-state index contributed by atoms with van der Waals surface area (Å²) in [6, 6.07) is 7.29. The summed E-state index contributed by atoms with van der Waals surface area (Å²) >= 11 is 0. The van der Waals surface area contributed by atoms with Crippen molar-refractivity contribution in [2.45, 2.75) is 62.9 Å². The number of sulfonamides is 1. The molecule has 5 heteroatoms. The normalized spacial score (nSPS) is 23.6. The first kappa shape index (κ1) is 16.5. The van der Waals surface area contributed by atoms with E-state index in [1.54, 1.807) is 16.4 Å². The number of nitrogens with zero attached hydrogens (tertiary/aromatic N) is 1. The van der Waals surface area contributed by atoms with Crippen LogP contribution in [0.25, 0.3) is 0 Å². The van der Waals surface area contributed by atoms with Crippen LogP contribution in [0.2, 0.25) is 0 Å². The Morgan fingerprint density at radius 1 is 1.24 bits per heavy atom. The van der Waals surface area contributed by atoms with Gasteiger partial charge in [-0.15, -0.1) is 0 Å². The third-order valence-electron chi connectivity index (χ3n) is 4.31. The third kappa shape index (κ3) is 3.47. The summed E-state index contributed by atoms with van der Waals surface area (Å²) < 4.78 is 27.3. The number of hydrogen-bond acceptors (Lipinski definition) is 3. The van der Waals surface area contributed by atoms with Crippen molar-refractivity contribution in [3.63, 3.8) is 0 Å². The van der Waals surface area contributed by atoms with E-state index in [1.165, 1.54) is 0 Å². The molecule has 0 amide bonds. The minimum Gasteiger partial charge on any atom is -0.396 e. The average Bonchev–Trinajstić information content (AvgIpc) is 2.87. The highest BCUT2D eigenvalue weighted by Crippen LogP contribution is 2.32. The Kier molecular flexibility index (Phi) is 5.41. The van der Waals surface area contributed by atoms with Gasteiger partial charge in [0.05, 0.1) is 4.90 Å². The summed E-state index contributed by atoms with van der Waals surface area (Å²) in [7, 11) is -3.40. The van der Waals surface area contributed by atoms with E-state index in [-0.39, 0.29) is 18.7 Å². The molecule has 2 unspecified atom stereocenters. The van der Waals surface area contributed by atoms with Crippen molar-refractivity contribution in [2.24, 2.45) is 0 Å². The van der Waals surface area contributed by atoms with Crippen molar-refractivity contribution in [3.8, 4) is 0 Å². The minimum atomic E-state index is -3.40. The molecule has 0 aliphatic carbocycles. The lowest BCUT2D eigenvalue weighted by Gasteiger charge is -2.27. The second-order valence-electron chi connectivity index (χ2n) is 5.79. The van der Waals surface area contributed by atoms with E-state index in [9.17, 15) is 8.42 Å². The van der Waals surface area contributed by atoms with E-state index in [1.807, 2.05) is 26.0 Å². The van der Waals surface area contributed by atoms with Crippen LogP contribution in [0, 0.1) is 0 Å². The number of aryl methyl sites for hydroxylation is 1. The molecule has 1 aliphatic heterocycles. The van der Waals surface area contributed by atoms with Gasteiger partial charge in [0, 0.05) is 18.7 Å². The number of hydrogen-bond donors (Lipinski definition) is 1. The molecule has 1 fully saturated rings. The maximum atomic E-state index is 12.8. The molecule has 0 spiro atoms. The van der Waals surface area contributed by atoms with Crippen LogP contribution in [-0.2, 0) is 16.4 Å². The van der Waals surface area contributed by atoms with Crippen molar-refractivity contribution in [2.75, 3.05) is 6.61 Å². The van der Waals surface area contributed by atoms with Crippen molar-refractivity contribution in [1.82, 2.24) is 4.31 Å². The summed E-state index contributed by atoms with van der Waals surface area (Å²) in [4.78, 5) is 0.377. The lowest BCUT2D eigenvalue weighted by Crippen LogP contribution is -2.39. The van der Waals surface area contributed by atoms with Gasteiger partial charge in [0.25, 0.3) is 0 Å². The zero-order valence-electron chi connectivity index (χ0n) is 12.8. The monoisotopic (exact) mass is 311 g/mol. The minimum absolute atomic E-state index is 0.0778. The first-order valence-corrected chi connectivity index (χ1v) is 9.18. The smallest absolute Gasteiger partial charge is 0.243 e. The van der Waals surface area contributed by atoms with Gasteiger partial charge in [-0.25, -0.2) is 8.42 Å². The van der Waals surface area contributed by atoms with Crippen LogP contribution in [0.4, 0.5) is 0 Å². The van der Waals surface area contributed by atoms with Gasteiger partial charge in [-0.05, 0) is 56.7 Å². The Bertz CT molecular complexity index is 553. The Morgan fingerprint density at radius 3 is 2.48 bits per heavy atom. The first-order valence-electron chi connectivity index (χ1n) is 7.74. The summed E-state index contributed by atoms with van der Waals surface area (Å²) in [5, 5.41) is 8.84. The van der Waals surface area contributed by atoms with E-state index >= 15 is 0 Å². The molecule has 1 N–H and O–H groups in total.